The highest BCUT2D eigenvalue weighted by molar-refractivity contribution is 6.35. The molecule has 1 heterocycles. The first-order valence-electron chi connectivity index (χ1n) is 5.13. The van der Waals surface area contributed by atoms with Crippen LogP contribution in [0, 0.1) is 0 Å². The zero-order valence-electron chi connectivity index (χ0n) is 9.48. The molecule has 0 atom stereocenters. The molecule has 0 radical (unpaired) electrons. The van der Waals surface area contributed by atoms with E-state index in [4.69, 9.17) is 27.9 Å². The maximum absolute atomic E-state index is 11.4. The molecule has 0 saturated carbocycles. The number of benzene rings is 1. The molecule has 7 nitrogen and oxygen atoms in total. The van der Waals surface area contributed by atoms with Crippen molar-refractivity contribution < 1.29 is 9.53 Å². The van der Waals surface area contributed by atoms with Gasteiger partial charge in [-0.25, -0.2) is 9.89 Å². The van der Waals surface area contributed by atoms with E-state index in [0.717, 1.165) is 0 Å². The van der Waals surface area contributed by atoms with Crippen LogP contribution in [0.4, 0.5) is 10.7 Å². The molecule has 2 rings (SSSR count). The van der Waals surface area contributed by atoms with Crippen LogP contribution < -0.4 is 15.4 Å². The number of nitrogens with zero attached hydrogens (tertiary/aromatic N) is 2. The Balaban J connectivity index is 1.78. The van der Waals surface area contributed by atoms with Crippen LogP contribution in [0.2, 0.25) is 10.0 Å². The van der Waals surface area contributed by atoms with E-state index in [9.17, 15) is 4.79 Å². The summed E-state index contributed by atoms with van der Waals surface area (Å²) in [4.78, 5) is 15.1. The highest BCUT2D eigenvalue weighted by Crippen LogP contribution is 2.27. The van der Waals surface area contributed by atoms with Crippen LogP contribution in [0.25, 0.3) is 0 Å². The summed E-state index contributed by atoms with van der Waals surface area (Å²) in [5.74, 6) is 0.660. The first kappa shape index (κ1) is 13.4. The molecule has 0 spiro atoms. The minimum atomic E-state index is -0.484. The topological polar surface area (TPSA) is 91.9 Å². The molecule has 19 heavy (non-hydrogen) atoms. The lowest BCUT2D eigenvalue weighted by Gasteiger charge is -2.09. The molecular formula is C10H9Cl2N5O2. The predicted octanol–water partition coefficient (Wildman–Crippen LogP) is 2.27. The first-order chi connectivity index (χ1) is 9.15. The van der Waals surface area contributed by atoms with Gasteiger partial charge in [0, 0.05) is 5.02 Å². The third-order valence-electron chi connectivity index (χ3n) is 2.00. The van der Waals surface area contributed by atoms with Crippen molar-refractivity contribution in [2.75, 3.05) is 12.0 Å². The molecule has 1 aromatic carbocycles. The van der Waals surface area contributed by atoms with Crippen LogP contribution in [0.3, 0.4) is 0 Å². The molecular weight excluding hydrogens is 293 g/mol. The molecule has 9 heteroatoms. The molecule has 0 fully saturated rings. The number of hydrogen-bond acceptors (Lipinski definition) is 4. The number of urea groups is 1. The largest absolute Gasteiger partial charge is 0.472 e. The number of amides is 2. The summed E-state index contributed by atoms with van der Waals surface area (Å²) in [5, 5.41) is 11.8. The molecule has 0 saturated heterocycles. The summed E-state index contributed by atoms with van der Waals surface area (Å²) in [6.45, 7) is -0.0542. The number of halogens is 2. The molecule has 0 unspecified atom stereocenters. The van der Waals surface area contributed by atoms with Crippen LogP contribution in [-0.2, 0) is 0 Å². The highest BCUT2D eigenvalue weighted by atomic mass is 35.5. The number of carbonyl (C=O) groups excluding carboxylic acids is 1. The average Bonchev–Trinajstić information content (AvgIpc) is 2.84. The van der Waals surface area contributed by atoms with Gasteiger partial charge in [-0.15, -0.1) is 0 Å². The minimum Gasteiger partial charge on any atom is -0.472 e. The van der Waals surface area contributed by atoms with E-state index in [-0.39, 0.29) is 12.7 Å². The summed E-state index contributed by atoms with van der Waals surface area (Å²) in [6.07, 6.45) is 1.28. The number of H-pyrrole nitrogens is 1. The Kier molecular flexibility index (Phi) is 4.43. The van der Waals surface area contributed by atoms with Gasteiger partial charge in [0.25, 0.3) is 0 Å². The maximum Gasteiger partial charge on any atom is 0.324 e. The molecule has 0 aliphatic carbocycles. The number of carbonyl (C=O) groups is 1. The fraction of sp³-hybridized carbons (Fsp3) is 0.100. The van der Waals surface area contributed by atoms with Crippen LogP contribution >= 0.6 is 23.2 Å². The van der Waals surface area contributed by atoms with Gasteiger partial charge in [-0.2, -0.15) is 10.1 Å². The Hall–Kier alpha value is -1.99. The van der Waals surface area contributed by atoms with Gasteiger partial charge < -0.3 is 10.1 Å². The summed E-state index contributed by atoms with van der Waals surface area (Å²) in [5.41, 5.74) is 0. The van der Waals surface area contributed by atoms with Crippen molar-refractivity contribution in [3.05, 3.63) is 34.6 Å². The summed E-state index contributed by atoms with van der Waals surface area (Å²) < 4.78 is 5.27. The fourth-order valence-corrected chi connectivity index (χ4v) is 1.65. The van der Waals surface area contributed by atoms with E-state index in [0.29, 0.717) is 15.8 Å². The molecule has 0 bridgehead atoms. The Morgan fingerprint density at radius 2 is 2.26 bits per heavy atom. The van der Waals surface area contributed by atoms with Gasteiger partial charge >= 0.3 is 6.03 Å². The quantitative estimate of drug-likeness (QED) is 0.755. The van der Waals surface area contributed by atoms with Crippen molar-refractivity contribution in [1.29, 1.82) is 0 Å². The van der Waals surface area contributed by atoms with Crippen molar-refractivity contribution >= 4 is 35.2 Å². The van der Waals surface area contributed by atoms with Crippen molar-refractivity contribution in [2.45, 2.75) is 0 Å². The summed E-state index contributed by atoms with van der Waals surface area (Å²) >= 11 is 11.6. The third-order valence-corrected chi connectivity index (χ3v) is 2.53. The summed E-state index contributed by atoms with van der Waals surface area (Å²) in [6, 6.07) is 4.31. The lowest BCUT2D eigenvalue weighted by Crippen LogP contribution is -2.32. The van der Waals surface area contributed by atoms with Gasteiger partial charge in [0.2, 0.25) is 5.95 Å². The number of aromatic amines is 1. The van der Waals surface area contributed by atoms with Crippen molar-refractivity contribution in [2.24, 2.45) is 0 Å². The molecule has 3 N–H and O–H groups in total. The monoisotopic (exact) mass is 301 g/mol. The predicted molar refractivity (Wildman–Crippen MR) is 70.5 cm³/mol. The molecule has 2 aromatic rings. The van der Waals surface area contributed by atoms with Gasteiger partial charge in [0.15, 0.2) is 6.73 Å². The van der Waals surface area contributed by atoms with Gasteiger partial charge in [-0.3, -0.25) is 5.32 Å². The molecule has 0 aliphatic rings. The smallest absolute Gasteiger partial charge is 0.324 e. The van der Waals surface area contributed by atoms with E-state index >= 15 is 0 Å². The number of nitrogens with one attached hydrogen (secondary N) is 3. The number of anilines is 1. The second-order valence-corrected chi connectivity index (χ2v) is 4.17. The van der Waals surface area contributed by atoms with Gasteiger partial charge in [-0.1, -0.05) is 23.2 Å². The third kappa shape index (κ3) is 4.01. The summed E-state index contributed by atoms with van der Waals surface area (Å²) in [7, 11) is 0. The van der Waals surface area contributed by atoms with E-state index in [1.165, 1.54) is 6.33 Å². The molecule has 2 amide bonds. The number of aromatic nitrogens is 3. The lowest BCUT2D eigenvalue weighted by molar-refractivity contribution is 0.234. The Morgan fingerprint density at radius 3 is 2.95 bits per heavy atom. The van der Waals surface area contributed by atoms with Gasteiger partial charge in [0.05, 0.1) is 5.02 Å². The van der Waals surface area contributed by atoms with Crippen molar-refractivity contribution in [3.63, 3.8) is 0 Å². The van der Waals surface area contributed by atoms with E-state index in [1.807, 2.05) is 0 Å². The van der Waals surface area contributed by atoms with E-state index in [1.54, 1.807) is 18.2 Å². The first-order valence-corrected chi connectivity index (χ1v) is 5.89. The van der Waals surface area contributed by atoms with Crippen LogP contribution in [0.1, 0.15) is 0 Å². The Bertz CT molecular complexity index is 561. The van der Waals surface area contributed by atoms with Crippen LogP contribution in [0.15, 0.2) is 24.5 Å². The average molecular weight is 302 g/mol. The van der Waals surface area contributed by atoms with E-state index in [2.05, 4.69) is 25.8 Å². The lowest BCUT2D eigenvalue weighted by atomic mass is 10.3. The van der Waals surface area contributed by atoms with Gasteiger partial charge in [-0.05, 0) is 18.2 Å². The highest BCUT2D eigenvalue weighted by Gasteiger charge is 2.05. The SMILES string of the molecule is O=C(NCOc1ccc(Cl)cc1Cl)Nc1ncn[nH]1. The van der Waals surface area contributed by atoms with Crippen molar-refractivity contribution in [3.8, 4) is 5.75 Å². The number of rotatable bonds is 4. The fourth-order valence-electron chi connectivity index (χ4n) is 1.19. The standard InChI is InChI=1S/C10H9Cl2N5O2/c11-6-1-2-8(7(12)3-6)19-5-14-10(18)16-9-13-4-15-17-9/h1-4H,5H2,(H3,13,14,15,16,17,18). The number of hydrogen-bond donors (Lipinski definition) is 3. The molecule has 1 aromatic heterocycles. The zero-order valence-corrected chi connectivity index (χ0v) is 11.0. The second-order valence-electron chi connectivity index (χ2n) is 3.33. The van der Waals surface area contributed by atoms with Gasteiger partial charge in [0.1, 0.15) is 12.1 Å². The Morgan fingerprint density at radius 1 is 1.42 bits per heavy atom. The molecule has 0 aliphatic heterocycles. The second kappa shape index (κ2) is 6.26. The number of ether oxygens (including phenoxy) is 1. The maximum atomic E-state index is 11.4. The minimum absolute atomic E-state index is 0.0542. The Labute approximate surface area is 118 Å². The zero-order chi connectivity index (χ0) is 13.7. The normalized spacial score (nSPS) is 10.0. The van der Waals surface area contributed by atoms with Crippen LogP contribution in [0.5, 0.6) is 5.75 Å². The van der Waals surface area contributed by atoms with Crippen molar-refractivity contribution in [1.82, 2.24) is 20.5 Å². The van der Waals surface area contributed by atoms with Crippen LogP contribution in [-0.4, -0.2) is 27.9 Å². The van der Waals surface area contributed by atoms with E-state index < -0.39 is 6.03 Å². The molecule has 100 valence electrons.